The lowest BCUT2D eigenvalue weighted by Gasteiger charge is -2.43. The fourth-order valence-electron chi connectivity index (χ4n) is 3.52. The van der Waals surface area contributed by atoms with Crippen LogP contribution in [0, 0.1) is 5.82 Å². The maximum atomic E-state index is 15.2. The number of benzene rings is 3. The molecule has 4 rings (SSSR count). The molecule has 0 bridgehead atoms. The third-order valence-corrected chi connectivity index (χ3v) is 7.25. The van der Waals surface area contributed by atoms with Crippen molar-refractivity contribution in [3.63, 3.8) is 0 Å². The lowest BCUT2D eigenvalue weighted by molar-refractivity contribution is -0.0679. The second kappa shape index (κ2) is 10.4. The molecule has 5 nitrogen and oxygen atoms in total. The van der Waals surface area contributed by atoms with Crippen LogP contribution in [-0.2, 0) is 34.9 Å². The van der Waals surface area contributed by atoms with Gasteiger partial charge in [-0.05, 0) is 38.0 Å². The van der Waals surface area contributed by atoms with Crippen LogP contribution in [0.4, 0.5) is 4.39 Å². The molecule has 0 saturated carbocycles. The van der Waals surface area contributed by atoms with Crippen LogP contribution < -0.4 is 14.2 Å². The Hall–Kier alpha value is -2.58. The van der Waals surface area contributed by atoms with Gasteiger partial charge in [-0.2, -0.15) is 0 Å². The standard InChI is InChI=1S/C27H30FNO4S/c1-26(2,3)34(30)29-27(18-31-19-27)22-14-23(28)25(33-17-21-12-8-5-9-13-21)15-24(22)32-16-20-10-6-4-7-11-20/h4-15,29H,16-19H2,1-3H3. The summed E-state index contributed by atoms with van der Waals surface area (Å²) in [6, 6.07) is 22.3. The molecule has 1 atom stereocenters. The van der Waals surface area contributed by atoms with E-state index in [9.17, 15) is 4.55 Å². The molecule has 7 heteroatoms. The molecule has 0 aliphatic carbocycles. The van der Waals surface area contributed by atoms with Gasteiger partial charge in [0.1, 0.15) is 29.2 Å². The Morgan fingerprint density at radius 2 is 1.44 bits per heavy atom. The molecule has 180 valence electrons. The monoisotopic (exact) mass is 483 g/mol. The Labute approximate surface area is 203 Å². The smallest absolute Gasteiger partial charge is 0.165 e. The van der Waals surface area contributed by atoms with Crippen LogP contribution in [0.15, 0.2) is 72.8 Å². The molecular formula is C27H30FNO4S. The van der Waals surface area contributed by atoms with Gasteiger partial charge in [-0.25, -0.2) is 4.39 Å². The number of hydrogen-bond donors (Lipinski definition) is 1. The Balaban J connectivity index is 1.65. The topological polar surface area (TPSA) is 62.8 Å². The highest BCUT2D eigenvalue weighted by molar-refractivity contribution is 7.90. The van der Waals surface area contributed by atoms with E-state index in [4.69, 9.17) is 14.2 Å². The third kappa shape index (κ3) is 5.73. The largest absolute Gasteiger partial charge is 0.598 e. The first-order valence-corrected chi connectivity index (χ1v) is 12.4. The fraction of sp³-hybridized carbons (Fsp3) is 0.333. The maximum Gasteiger partial charge on any atom is 0.165 e. The van der Waals surface area contributed by atoms with Crippen LogP contribution in [0.1, 0.15) is 37.5 Å². The van der Waals surface area contributed by atoms with E-state index in [0.29, 0.717) is 17.9 Å². The van der Waals surface area contributed by atoms with Gasteiger partial charge >= 0.3 is 0 Å². The number of nitrogens with one attached hydrogen (secondary N) is 1. The molecule has 1 heterocycles. The predicted molar refractivity (Wildman–Crippen MR) is 131 cm³/mol. The number of ether oxygens (including phenoxy) is 3. The van der Waals surface area contributed by atoms with E-state index in [2.05, 4.69) is 4.72 Å². The zero-order valence-corrected chi connectivity index (χ0v) is 20.5. The Morgan fingerprint density at radius 3 is 1.91 bits per heavy atom. The summed E-state index contributed by atoms with van der Waals surface area (Å²) in [5, 5.41) is 0. The van der Waals surface area contributed by atoms with Gasteiger partial charge in [0.2, 0.25) is 0 Å². The van der Waals surface area contributed by atoms with Crippen molar-refractivity contribution in [1.29, 1.82) is 0 Å². The number of halogens is 1. The molecule has 0 spiro atoms. The van der Waals surface area contributed by atoms with Crippen molar-refractivity contribution in [2.24, 2.45) is 0 Å². The van der Waals surface area contributed by atoms with Crippen molar-refractivity contribution in [3.05, 3.63) is 95.3 Å². The minimum absolute atomic E-state index is 0.100. The predicted octanol–water partition coefficient (Wildman–Crippen LogP) is 5.26. The van der Waals surface area contributed by atoms with Crippen molar-refractivity contribution in [2.45, 2.75) is 44.3 Å². The minimum Gasteiger partial charge on any atom is -0.598 e. The number of rotatable bonds is 9. The summed E-state index contributed by atoms with van der Waals surface area (Å²) in [5.41, 5.74) is 1.67. The second-order valence-corrected chi connectivity index (χ2v) is 11.4. The zero-order chi connectivity index (χ0) is 24.2. The first-order chi connectivity index (χ1) is 16.3. The molecule has 0 amide bonds. The van der Waals surface area contributed by atoms with Gasteiger partial charge in [0.05, 0.1) is 13.2 Å². The van der Waals surface area contributed by atoms with Crippen molar-refractivity contribution in [3.8, 4) is 11.5 Å². The van der Waals surface area contributed by atoms with Gasteiger partial charge in [-0.15, -0.1) is 4.72 Å². The maximum absolute atomic E-state index is 15.2. The van der Waals surface area contributed by atoms with Crippen LogP contribution in [0.5, 0.6) is 11.5 Å². The lowest BCUT2D eigenvalue weighted by atomic mass is 9.88. The highest BCUT2D eigenvalue weighted by Crippen LogP contribution is 2.41. The highest BCUT2D eigenvalue weighted by atomic mass is 32.2. The summed E-state index contributed by atoms with van der Waals surface area (Å²) in [7, 11) is 0. The molecule has 1 N–H and O–H groups in total. The molecule has 3 aromatic carbocycles. The van der Waals surface area contributed by atoms with E-state index in [1.165, 1.54) is 6.07 Å². The highest BCUT2D eigenvalue weighted by Gasteiger charge is 2.49. The summed E-state index contributed by atoms with van der Waals surface area (Å²) < 4.78 is 48.3. The summed E-state index contributed by atoms with van der Waals surface area (Å²) in [5.74, 6) is 0.0608. The van der Waals surface area contributed by atoms with Gasteiger partial charge in [-0.3, -0.25) is 0 Å². The average molecular weight is 484 g/mol. The molecular weight excluding hydrogens is 453 g/mol. The van der Waals surface area contributed by atoms with E-state index < -0.39 is 27.5 Å². The molecule has 3 aromatic rings. The summed E-state index contributed by atoms with van der Waals surface area (Å²) in [6.07, 6.45) is 0. The van der Waals surface area contributed by atoms with Crippen molar-refractivity contribution < 1.29 is 23.2 Å². The van der Waals surface area contributed by atoms with Gasteiger partial charge in [0.25, 0.3) is 0 Å². The molecule has 1 aliphatic heterocycles. The van der Waals surface area contributed by atoms with Crippen molar-refractivity contribution in [1.82, 2.24) is 4.72 Å². The summed E-state index contributed by atoms with van der Waals surface area (Å²) in [4.78, 5) is 0. The van der Waals surface area contributed by atoms with Gasteiger partial charge in [-0.1, -0.05) is 60.7 Å². The molecule has 1 fully saturated rings. The van der Waals surface area contributed by atoms with Gasteiger partial charge < -0.3 is 18.8 Å². The molecule has 0 radical (unpaired) electrons. The van der Waals surface area contributed by atoms with E-state index >= 15 is 4.39 Å². The fourth-order valence-corrected chi connectivity index (χ4v) is 4.40. The van der Waals surface area contributed by atoms with Gasteiger partial charge in [0, 0.05) is 23.0 Å². The second-order valence-electron chi connectivity index (χ2n) is 9.39. The van der Waals surface area contributed by atoms with Crippen LogP contribution in [0.3, 0.4) is 0 Å². The van der Waals surface area contributed by atoms with Crippen molar-refractivity contribution >= 4 is 11.4 Å². The lowest BCUT2D eigenvalue weighted by Crippen LogP contribution is -2.61. The van der Waals surface area contributed by atoms with Crippen LogP contribution in [0.2, 0.25) is 0 Å². The minimum atomic E-state index is -1.38. The average Bonchev–Trinajstić information content (AvgIpc) is 2.80. The first-order valence-electron chi connectivity index (χ1n) is 11.2. The Bertz CT molecular complexity index is 1090. The Morgan fingerprint density at radius 1 is 0.912 bits per heavy atom. The van der Waals surface area contributed by atoms with E-state index in [-0.39, 0.29) is 25.6 Å². The zero-order valence-electron chi connectivity index (χ0n) is 19.7. The normalized spacial score (nSPS) is 15.9. The molecule has 1 unspecified atom stereocenters. The van der Waals surface area contributed by atoms with E-state index in [1.807, 2.05) is 81.4 Å². The first kappa shape index (κ1) is 24.5. The molecule has 1 saturated heterocycles. The number of hydrogen-bond acceptors (Lipinski definition) is 5. The molecule has 1 aliphatic rings. The summed E-state index contributed by atoms with van der Waals surface area (Å²) in [6.45, 7) is 6.72. The van der Waals surface area contributed by atoms with E-state index in [1.54, 1.807) is 6.07 Å². The van der Waals surface area contributed by atoms with Crippen LogP contribution in [-0.4, -0.2) is 22.5 Å². The van der Waals surface area contributed by atoms with Crippen LogP contribution >= 0.6 is 0 Å². The SMILES string of the molecule is CC(C)(C)[S+]([O-])NC1(c2cc(F)c(OCc3ccccc3)cc2OCc2ccccc2)COC1. The van der Waals surface area contributed by atoms with Crippen molar-refractivity contribution in [2.75, 3.05) is 13.2 Å². The summed E-state index contributed by atoms with van der Waals surface area (Å²) >= 11 is -1.38. The quantitative estimate of drug-likeness (QED) is 0.421. The molecule has 34 heavy (non-hydrogen) atoms. The van der Waals surface area contributed by atoms with E-state index in [0.717, 1.165) is 11.1 Å². The third-order valence-electron chi connectivity index (χ3n) is 5.57. The molecule has 0 aromatic heterocycles. The Kier molecular flexibility index (Phi) is 7.48. The van der Waals surface area contributed by atoms with Crippen LogP contribution in [0.25, 0.3) is 0 Å². The van der Waals surface area contributed by atoms with Gasteiger partial charge in [0.15, 0.2) is 11.6 Å².